The number of carbonyl (C=O) groups excluding carboxylic acids is 1. The van der Waals surface area contributed by atoms with Crippen molar-refractivity contribution in [2.45, 2.75) is 0 Å². The van der Waals surface area contributed by atoms with Gasteiger partial charge in [-0.05, 0) is 23.7 Å². The number of hydrogen-bond acceptors (Lipinski definition) is 4. The van der Waals surface area contributed by atoms with Gasteiger partial charge in [0.15, 0.2) is 0 Å². The first-order valence-corrected chi connectivity index (χ1v) is 6.32. The maximum absolute atomic E-state index is 12.1. The Labute approximate surface area is 123 Å². The van der Waals surface area contributed by atoms with Crippen LogP contribution in [0.2, 0.25) is 10.4 Å². The van der Waals surface area contributed by atoms with Crippen molar-refractivity contribution in [2.24, 2.45) is 0 Å². The Hall–Kier alpha value is -2.18. The predicted molar refractivity (Wildman–Crippen MR) is 76.1 cm³/mol. The molecule has 20 heavy (non-hydrogen) atoms. The molecule has 1 aromatic carbocycles. The van der Waals surface area contributed by atoms with Crippen LogP contribution in [-0.2, 0) is 0 Å². The van der Waals surface area contributed by atoms with Gasteiger partial charge in [0.2, 0.25) is 5.28 Å². The van der Waals surface area contributed by atoms with Gasteiger partial charge < -0.3 is 5.32 Å². The molecule has 0 radical (unpaired) electrons. The van der Waals surface area contributed by atoms with E-state index < -0.39 is 0 Å². The maximum atomic E-state index is 12.1. The second-order valence-electron chi connectivity index (χ2n) is 3.97. The van der Waals surface area contributed by atoms with Crippen molar-refractivity contribution in [3.8, 4) is 0 Å². The van der Waals surface area contributed by atoms with Gasteiger partial charge in [0.25, 0.3) is 5.91 Å². The van der Waals surface area contributed by atoms with Crippen LogP contribution >= 0.6 is 23.2 Å². The molecule has 0 aliphatic heterocycles. The van der Waals surface area contributed by atoms with E-state index in [-0.39, 0.29) is 22.2 Å². The first-order chi connectivity index (χ1) is 9.61. The normalized spacial score (nSPS) is 10.7. The molecule has 2 N–H and O–H groups in total. The summed E-state index contributed by atoms with van der Waals surface area (Å²) < 4.78 is 0. The fraction of sp³-hybridized carbons (Fsp3) is 0. The molecule has 8 heteroatoms. The van der Waals surface area contributed by atoms with E-state index in [1.165, 1.54) is 6.07 Å². The Morgan fingerprint density at radius 2 is 2.05 bits per heavy atom. The quantitative estimate of drug-likeness (QED) is 0.563. The van der Waals surface area contributed by atoms with E-state index in [9.17, 15) is 4.79 Å². The average Bonchev–Trinajstić information content (AvgIpc) is 2.84. The summed E-state index contributed by atoms with van der Waals surface area (Å²) in [6.45, 7) is 0. The van der Waals surface area contributed by atoms with E-state index >= 15 is 0 Å². The van der Waals surface area contributed by atoms with Crippen molar-refractivity contribution >= 4 is 45.8 Å². The smallest absolute Gasteiger partial charge is 0.256 e. The Morgan fingerprint density at radius 1 is 1.20 bits per heavy atom. The highest BCUT2D eigenvalue weighted by Crippen LogP contribution is 2.17. The minimum Gasteiger partial charge on any atom is -0.306 e. The molecule has 0 spiro atoms. The fourth-order valence-corrected chi connectivity index (χ4v) is 2.13. The zero-order valence-electron chi connectivity index (χ0n) is 9.89. The molecule has 100 valence electrons. The number of nitrogens with one attached hydrogen (secondary N) is 2. The molecule has 0 saturated carbocycles. The van der Waals surface area contributed by atoms with Crippen LogP contribution in [-0.4, -0.2) is 26.1 Å². The lowest BCUT2D eigenvalue weighted by Gasteiger charge is -2.05. The van der Waals surface area contributed by atoms with E-state index in [0.717, 1.165) is 10.9 Å². The number of fused-ring (bicyclic) bond motifs is 1. The summed E-state index contributed by atoms with van der Waals surface area (Å²) in [5.41, 5.74) is 1.24. The Bertz CT molecular complexity index is 781. The second kappa shape index (κ2) is 5.07. The van der Waals surface area contributed by atoms with Gasteiger partial charge in [-0.15, -0.1) is 0 Å². The number of carbonyl (C=O) groups is 1. The second-order valence-corrected chi connectivity index (χ2v) is 4.70. The molecule has 2 aromatic heterocycles. The van der Waals surface area contributed by atoms with Crippen LogP contribution in [0.5, 0.6) is 0 Å². The summed E-state index contributed by atoms with van der Waals surface area (Å²) in [5.74, 6) is -0.0861. The van der Waals surface area contributed by atoms with Gasteiger partial charge in [0.05, 0.1) is 11.7 Å². The van der Waals surface area contributed by atoms with Crippen molar-refractivity contribution in [3.05, 3.63) is 46.5 Å². The molecule has 6 nitrogen and oxygen atoms in total. The number of anilines is 1. The van der Waals surface area contributed by atoms with Gasteiger partial charge in [0.1, 0.15) is 11.0 Å². The first-order valence-electron chi connectivity index (χ1n) is 5.56. The van der Waals surface area contributed by atoms with Crippen LogP contribution in [0.25, 0.3) is 10.9 Å². The maximum Gasteiger partial charge on any atom is 0.256 e. The molecule has 0 aliphatic rings. The third-order valence-electron chi connectivity index (χ3n) is 2.61. The zero-order chi connectivity index (χ0) is 14.1. The Balaban J connectivity index is 1.88. The lowest BCUT2D eigenvalue weighted by molar-refractivity contribution is 0.102. The minimum atomic E-state index is -0.327. The number of benzene rings is 1. The average molecular weight is 308 g/mol. The third kappa shape index (κ3) is 2.56. The van der Waals surface area contributed by atoms with Crippen molar-refractivity contribution in [1.82, 2.24) is 20.2 Å². The van der Waals surface area contributed by atoms with Crippen molar-refractivity contribution in [3.63, 3.8) is 0 Å². The van der Waals surface area contributed by atoms with Crippen LogP contribution in [0.15, 0.2) is 30.5 Å². The number of aromatic nitrogens is 4. The monoisotopic (exact) mass is 307 g/mol. The summed E-state index contributed by atoms with van der Waals surface area (Å²) in [6.07, 6.45) is 1.68. The highest BCUT2D eigenvalue weighted by atomic mass is 35.5. The molecule has 0 fully saturated rings. The molecule has 0 aliphatic carbocycles. The topological polar surface area (TPSA) is 83.6 Å². The van der Waals surface area contributed by atoms with Gasteiger partial charge >= 0.3 is 0 Å². The van der Waals surface area contributed by atoms with Crippen molar-refractivity contribution in [1.29, 1.82) is 0 Å². The number of rotatable bonds is 2. The van der Waals surface area contributed by atoms with Gasteiger partial charge in [-0.1, -0.05) is 17.7 Å². The molecular weight excluding hydrogens is 301 g/mol. The lowest BCUT2D eigenvalue weighted by Crippen LogP contribution is -2.13. The van der Waals surface area contributed by atoms with Crippen molar-refractivity contribution < 1.29 is 4.79 Å². The minimum absolute atomic E-state index is 0.0307. The fourth-order valence-electron chi connectivity index (χ4n) is 1.72. The molecule has 3 aromatic rings. The number of nitrogens with zero attached hydrogens (tertiary/aromatic N) is 3. The summed E-state index contributed by atoms with van der Waals surface area (Å²) >= 11 is 11.4. The number of hydrogen-bond donors (Lipinski definition) is 2. The van der Waals surface area contributed by atoms with Crippen LogP contribution in [0.1, 0.15) is 10.4 Å². The van der Waals surface area contributed by atoms with Gasteiger partial charge in [-0.2, -0.15) is 5.10 Å². The largest absolute Gasteiger partial charge is 0.306 e. The van der Waals surface area contributed by atoms with Crippen LogP contribution < -0.4 is 5.32 Å². The van der Waals surface area contributed by atoms with E-state index in [2.05, 4.69) is 25.5 Å². The number of aromatic amines is 1. The van der Waals surface area contributed by atoms with Gasteiger partial charge in [-0.25, -0.2) is 9.97 Å². The summed E-state index contributed by atoms with van der Waals surface area (Å²) in [5, 5.41) is 10.4. The molecule has 0 atom stereocenters. The highest BCUT2D eigenvalue weighted by molar-refractivity contribution is 6.32. The molecular formula is C12H7Cl2N5O. The van der Waals surface area contributed by atoms with E-state index in [4.69, 9.17) is 23.2 Å². The van der Waals surface area contributed by atoms with E-state index in [0.29, 0.717) is 5.56 Å². The van der Waals surface area contributed by atoms with Crippen LogP contribution in [0, 0.1) is 0 Å². The Morgan fingerprint density at radius 3 is 2.85 bits per heavy atom. The summed E-state index contributed by atoms with van der Waals surface area (Å²) in [4.78, 5) is 19.7. The number of H-pyrrole nitrogens is 1. The van der Waals surface area contributed by atoms with E-state index in [1.807, 2.05) is 0 Å². The SMILES string of the molecule is O=C(Nc1cc(Cl)nc(Cl)n1)c1ccc2cn[nH]c2c1. The zero-order valence-corrected chi connectivity index (χ0v) is 11.4. The van der Waals surface area contributed by atoms with Gasteiger partial charge in [0, 0.05) is 17.0 Å². The molecule has 0 saturated heterocycles. The lowest BCUT2D eigenvalue weighted by atomic mass is 10.1. The highest BCUT2D eigenvalue weighted by Gasteiger charge is 2.10. The molecule has 1 amide bonds. The van der Waals surface area contributed by atoms with Crippen molar-refractivity contribution in [2.75, 3.05) is 5.32 Å². The van der Waals surface area contributed by atoms with E-state index in [1.54, 1.807) is 24.4 Å². The van der Waals surface area contributed by atoms with Crippen LogP contribution in [0.4, 0.5) is 5.82 Å². The first kappa shape index (κ1) is 12.8. The predicted octanol–water partition coefficient (Wildman–Crippen LogP) is 2.91. The number of halogens is 2. The third-order valence-corrected chi connectivity index (χ3v) is 2.98. The van der Waals surface area contributed by atoms with Crippen LogP contribution in [0.3, 0.4) is 0 Å². The molecule has 3 rings (SSSR count). The summed E-state index contributed by atoms with van der Waals surface area (Å²) in [6, 6.07) is 6.60. The summed E-state index contributed by atoms with van der Waals surface area (Å²) in [7, 11) is 0. The molecule has 0 bridgehead atoms. The molecule has 2 heterocycles. The standard InChI is InChI=1S/C12H7Cl2N5O/c13-9-4-10(18-12(14)16-9)17-11(20)6-1-2-7-5-15-19-8(7)3-6/h1-5H,(H,15,19)(H,16,17,18,20). The molecule has 0 unspecified atom stereocenters. The number of amides is 1. The van der Waals surface area contributed by atoms with Gasteiger partial charge in [-0.3, -0.25) is 9.89 Å². The Kier molecular flexibility index (Phi) is 3.25.